The van der Waals surface area contributed by atoms with Crippen molar-refractivity contribution in [2.75, 3.05) is 13.2 Å². The van der Waals surface area contributed by atoms with Crippen LogP contribution in [0.15, 0.2) is 24.3 Å². The topological polar surface area (TPSA) is 162 Å². The zero-order valence-electron chi connectivity index (χ0n) is 12.7. The fourth-order valence-electron chi connectivity index (χ4n) is 1.62. The molecule has 1 atom stereocenters. The maximum absolute atomic E-state index is 12.1. The molecule has 0 amide bonds. The zero-order chi connectivity index (χ0) is 18.1. The Labute approximate surface area is 136 Å². The molecular formula is C14H18N3O7+. The molecule has 0 fully saturated rings. The SMILES string of the molecule is NCCCC(N)OC(=O)c1ccccc1[N+](=O)OC(=O)C(=O)CO. The number of aliphatic hydroxyl groups excluding tert-OH is 1. The van der Waals surface area contributed by atoms with Crippen LogP contribution in [0.5, 0.6) is 0 Å². The van der Waals surface area contributed by atoms with E-state index in [2.05, 4.69) is 4.84 Å². The van der Waals surface area contributed by atoms with Crippen LogP contribution in [-0.2, 0) is 19.2 Å². The third-order valence-electron chi connectivity index (χ3n) is 2.81. The molecule has 0 heterocycles. The number of nitrogens with zero attached hydrogens (tertiary/aromatic N) is 1. The second kappa shape index (κ2) is 9.45. The zero-order valence-corrected chi connectivity index (χ0v) is 12.7. The predicted octanol–water partition coefficient (Wildman–Crippen LogP) is -0.703. The smallest absolute Gasteiger partial charge is 0.443 e. The van der Waals surface area contributed by atoms with Gasteiger partial charge in [-0.25, -0.2) is 9.59 Å². The van der Waals surface area contributed by atoms with Crippen molar-refractivity contribution < 1.29 is 34.0 Å². The van der Waals surface area contributed by atoms with E-state index >= 15 is 0 Å². The number of para-hydroxylation sites is 1. The number of ketones is 1. The number of carbonyl (C=O) groups excluding carboxylic acids is 3. The van der Waals surface area contributed by atoms with Gasteiger partial charge in [0.25, 0.3) is 10.7 Å². The highest BCUT2D eigenvalue weighted by Gasteiger charge is 2.32. The summed E-state index contributed by atoms with van der Waals surface area (Å²) in [5.41, 5.74) is 10.4. The van der Waals surface area contributed by atoms with Crippen LogP contribution in [-0.4, -0.2) is 47.1 Å². The molecule has 0 aliphatic heterocycles. The summed E-state index contributed by atoms with van der Waals surface area (Å²) in [6.45, 7) is -0.725. The molecule has 1 aromatic rings. The average Bonchev–Trinajstić information content (AvgIpc) is 2.58. The van der Waals surface area contributed by atoms with E-state index in [1.54, 1.807) is 0 Å². The first-order valence-corrected chi connectivity index (χ1v) is 6.99. The molecule has 0 spiro atoms. The minimum Gasteiger partial charge on any atom is -0.443 e. The van der Waals surface area contributed by atoms with Crippen LogP contribution >= 0.6 is 0 Å². The molecule has 0 aliphatic carbocycles. The summed E-state index contributed by atoms with van der Waals surface area (Å²) in [5.74, 6) is -3.77. The van der Waals surface area contributed by atoms with Crippen molar-refractivity contribution in [3.63, 3.8) is 0 Å². The lowest BCUT2D eigenvalue weighted by Gasteiger charge is -2.12. The number of Topliss-reactive ketones (excluding diaryl/α,β-unsaturated/α-hetero) is 1. The summed E-state index contributed by atoms with van der Waals surface area (Å²) in [6.07, 6.45) is -0.0245. The van der Waals surface area contributed by atoms with Crippen LogP contribution in [0.2, 0.25) is 0 Å². The number of hydrogen-bond donors (Lipinski definition) is 3. The maximum atomic E-state index is 12.1. The van der Waals surface area contributed by atoms with Crippen molar-refractivity contribution in [2.45, 2.75) is 19.1 Å². The molecule has 0 aliphatic rings. The minimum absolute atomic E-state index is 0.208. The summed E-state index contributed by atoms with van der Waals surface area (Å²) >= 11 is 0. The Morgan fingerprint density at radius 3 is 2.54 bits per heavy atom. The number of carbonyl (C=O) groups is 3. The first-order valence-electron chi connectivity index (χ1n) is 6.99. The number of nitrogens with two attached hydrogens (primary N) is 2. The first kappa shape index (κ1) is 19.4. The number of rotatable bonds is 9. The van der Waals surface area contributed by atoms with E-state index in [0.29, 0.717) is 19.4 Å². The van der Waals surface area contributed by atoms with Crippen molar-refractivity contribution in [1.29, 1.82) is 0 Å². The molecule has 0 saturated carbocycles. The standard InChI is InChI=1S/C14H18N3O7/c15-7-3-6-12(16)23-13(20)9-4-1-2-5-10(9)17(22)24-14(21)11(19)8-18/h1-2,4-5,12,18H,3,6-8,15-16H2/q+1. The fourth-order valence-corrected chi connectivity index (χ4v) is 1.62. The van der Waals surface area contributed by atoms with Crippen LogP contribution in [0, 0.1) is 4.91 Å². The minimum atomic E-state index is -1.56. The van der Waals surface area contributed by atoms with E-state index in [0.717, 1.165) is 0 Å². The number of hydrogen-bond acceptors (Lipinski definition) is 9. The van der Waals surface area contributed by atoms with Crippen molar-refractivity contribution in [3.05, 3.63) is 34.7 Å². The van der Waals surface area contributed by atoms with Gasteiger partial charge < -0.3 is 15.6 Å². The van der Waals surface area contributed by atoms with E-state index < -0.39 is 30.6 Å². The largest absolute Gasteiger partial charge is 0.454 e. The Hall–Kier alpha value is -2.69. The van der Waals surface area contributed by atoms with E-state index in [4.69, 9.17) is 21.3 Å². The van der Waals surface area contributed by atoms with Gasteiger partial charge in [-0.2, -0.15) is 0 Å². The van der Waals surface area contributed by atoms with Gasteiger partial charge in [0, 0.05) is 6.07 Å². The first-order chi connectivity index (χ1) is 11.4. The van der Waals surface area contributed by atoms with Crippen LogP contribution in [0.1, 0.15) is 23.2 Å². The van der Waals surface area contributed by atoms with Crippen molar-refractivity contribution in [3.8, 4) is 0 Å². The third kappa shape index (κ3) is 5.50. The van der Waals surface area contributed by atoms with Crippen molar-refractivity contribution in [2.24, 2.45) is 11.5 Å². The van der Waals surface area contributed by atoms with Gasteiger partial charge in [0.05, 0.1) is 4.91 Å². The Morgan fingerprint density at radius 1 is 1.25 bits per heavy atom. The fraction of sp³-hybridized carbons (Fsp3) is 0.357. The van der Waals surface area contributed by atoms with E-state index in [1.165, 1.54) is 24.3 Å². The van der Waals surface area contributed by atoms with Crippen molar-refractivity contribution in [1.82, 2.24) is 0 Å². The molecule has 10 heteroatoms. The van der Waals surface area contributed by atoms with Crippen LogP contribution in [0.25, 0.3) is 0 Å². The van der Waals surface area contributed by atoms with E-state index in [9.17, 15) is 19.3 Å². The van der Waals surface area contributed by atoms with Gasteiger partial charge in [-0.05, 0) is 25.5 Å². The van der Waals surface area contributed by atoms with Gasteiger partial charge in [0.15, 0.2) is 6.23 Å². The number of aliphatic hydroxyl groups is 1. The average molecular weight is 340 g/mol. The molecule has 1 rings (SSSR count). The molecule has 130 valence electrons. The summed E-state index contributed by atoms with van der Waals surface area (Å²) < 4.78 is 4.97. The summed E-state index contributed by atoms with van der Waals surface area (Å²) in [4.78, 5) is 50.0. The van der Waals surface area contributed by atoms with Crippen LogP contribution < -0.4 is 11.5 Å². The summed E-state index contributed by atoms with van der Waals surface area (Å²) in [5, 5.41) is 8.53. The number of ether oxygens (including phenoxy) is 1. The lowest BCUT2D eigenvalue weighted by atomic mass is 10.2. The van der Waals surface area contributed by atoms with Gasteiger partial charge in [0.1, 0.15) is 12.2 Å². The van der Waals surface area contributed by atoms with Gasteiger partial charge in [-0.3, -0.25) is 10.5 Å². The second-order valence-electron chi connectivity index (χ2n) is 4.61. The highest BCUT2D eigenvalue weighted by atomic mass is 16.8. The highest BCUT2D eigenvalue weighted by molar-refractivity contribution is 6.33. The van der Waals surface area contributed by atoms with E-state index in [-0.39, 0.29) is 16.2 Å². The monoisotopic (exact) mass is 340 g/mol. The lowest BCUT2D eigenvalue weighted by Crippen LogP contribution is -2.28. The van der Waals surface area contributed by atoms with Gasteiger partial charge in [-0.15, -0.1) is 4.84 Å². The van der Waals surface area contributed by atoms with Gasteiger partial charge >= 0.3 is 17.6 Å². The quantitative estimate of drug-likeness (QED) is 0.228. The number of esters is 1. The van der Waals surface area contributed by atoms with Crippen LogP contribution in [0.3, 0.4) is 0 Å². The molecule has 1 aromatic carbocycles. The second-order valence-corrected chi connectivity index (χ2v) is 4.61. The maximum Gasteiger partial charge on any atom is 0.454 e. The third-order valence-corrected chi connectivity index (χ3v) is 2.81. The predicted molar refractivity (Wildman–Crippen MR) is 79.6 cm³/mol. The highest BCUT2D eigenvalue weighted by Crippen LogP contribution is 2.20. The molecule has 0 saturated heterocycles. The molecule has 5 N–H and O–H groups in total. The molecule has 24 heavy (non-hydrogen) atoms. The molecule has 0 radical (unpaired) electrons. The Morgan fingerprint density at radius 2 is 1.92 bits per heavy atom. The summed E-state index contributed by atoms with van der Waals surface area (Å²) in [7, 11) is 0. The molecule has 1 unspecified atom stereocenters. The van der Waals surface area contributed by atoms with Gasteiger partial charge in [-0.1, -0.05) is 12.1 Å². The Balaban J connectivity index is 2.87. The lowest BCUT2D eigenvalue weighted by molar-refractivity contribution is -0.715. The molecule has 10 nitrogen and oxygen atoms in total. The number of benzene rings is 1. The summed E-state index contributed by atoms with van der Waals surface area (Å²) in [6, 6.07) is 5.32. The molecular weight excluding hydrogens is 322 g/mol. The Bertz CT molecular complexity index is 633. The molecule has 0 bridgehead atoms. The normalized spacial score (nSPS) is 11.5. The van der Waals surface area contributed by atoms with Gasteiger partial charge in [0.2, 0.25) is 0 Å². The van der Waals surface area contributed by atoms with E-state index in [1.807, 2.05) is 0 Å². The molecule has 0 aromatic heterocycles. The van der Waals surface area contributed by atoms with Crippen molar-refractivity contribution >= 4 is 23.4 Å². The van der Waals surface area contributed by atoms with Crippen LogP contribution in [0.4, 0.5) is 5.69 Å². The Kier molecular flexibility index (Phi) is 7.62.